The number of carboxylic acids is 1. The Hall–Kier alpha value is -1.69. The standard InChI is InChI=1S/C8H6N2O3S/c11-7-3-6-5(1-2-14-6)9-10(7)4-8(12)13/h1-3H,4H2,(H,12,13). The maximum absolute atomic E-state index is 11.3. The van der Waals surface area contributed by atoms with E-state index in [1.165, 1.54) is 17.4 Å². The highest BCUT2D eigenvalue weighted by atomic mass is 32.1. The van der Waals surface area contributed by atoms with E-state index in [0.29, 0.717) is 5.52 Å². The fourth-order valence-electron chi connectivity index (χ4n) is 1.11. The molecule has 0 atom stereocenters. The molecule has 0 radical (unpaired) electrons. The molecule has 2 heterocycles. The maximum atomic E-state index is 11.3. The van der Waals surface area contributed by atoms with E-state index in [-0.39, 0.29) is 5.56 Å². The van der Waals surface area contributed by atoms with Crippen LogP contribution in [-0.2, 0) is 11.3 Å². The molecule has 72 valence electrons. The van der Waals surface area contributed by atoms with Gasteiger partial charge in [-0.15, -0.1) is 11.3 Å². The molecule has 2 aromatic rings. The second-order valence-electron chi connectivity index (χ2n) is 2.70. The highest BCUT2D eigenvalue weighted by molar-refractivity contribution is 7.17. The van der Waals surface area contributed by atoms with Crippen molar-refractivity contribution in [2.45, 2.75) is 6.54 Å². The maximum Gasteiger partial charge on any atom is 0.325 e. The molecule has 0 spiro atoms. The number of carboxylic acid groups (broad SMARTS) is 1. The summed E-state index contributed by atoms with van der Waals surface area (Å²) in [5.74, 6) is -1.07. The lowest BCUT2D eigenvalue weighted by Gasteiger charge is -1.99. The molecular formula is C8H6N2O3S. The Morgan fingerprint density at radius 1 is 1.64 bits per heavy atom. The fraction of sp³-hybridized carbons (Fsp3) is 0.125. The quantitative estimate of drug-likeness (QED) is 0.785. The van der Waals surface area contributed by atoms with Gasteiger partial charge in [0.2, 0.25) is 0 Å². The Kier molecular flexibility index (Phi) is 2.05. The van der Waals surface area contributed by atoms with Gasteiger partial charge < -0.3 is 5.11 Å². The molecular weight excluding hydrogens is 204 g/mol. The molecule has 5 nitrogen and oxygen atoms in total. The van der Waals surface area contributed by atoms with Crippen LogP contribution in [0.2, 0.25) is 0 Å². The topological polar surface area (TPSA) is 72.2 Å². The first-order valence-corrected chi connectivity index (χ1v) is 4.72. The van der Waals surface area contributed by atoms with Crippen molar-refractivity contribution in [2.24, 2.45) is 0 Å². The van der Waals surface area contributed by atoms with Gasteiger partial charge in [-0.25, -0.2) is 4.68 Å². The van der Waals surface area contributed by atoms with Crippen molar-refractivity contribution < 1.29 is 9.90 Å². The lowest BCUT2D eigenvalue weighted by molar-refractivity contribution is -0.137. The van der Waals surface area contributed by atoms with Crippen molar-refractivity contribution in [1.82, 2.24) is 9.78 Å². The number of rotatable bonds is 2. The number of hydrogen-bond acceptors (Lipinski definition) is 4. The van der Waals surface area contributed by atoms with E-state index in [2.05, 4.69) is 5.10 Å². The Balaban J connectivity index is 2.59. The van der Waals surface area contributed by atoms with E-state index < -0.39 is 12.5 Å². The normalized spacial score (nSPS) is 10.6. The third kappa shape index (κ3) is 1.51. The smallest absolute Gasteiger partial charge is 0.325 e. The Bertz CT molecular complexity index is 543. The summed E-state index contributed by atoms with van der Waals surface area (Å²) in [7, 11) is 0. The number of fused-ring (bicyclic) bond motifs is 1. The van der Waals surface area contributed by atoms with Crippen molar-refractivity contribution in [3.63, 3.8) is 0 Å². The molecule has 2 aromatic heterocycles. The minimum absolute atomic E-state index is 0.387. The summed E-state index contributed by atoms with van der Waals surface area (Å²) in [5.41, 5.74) is 0.262. The minimum Gasteiger partial charge on any atom is -0.480 e. The second kappa shape index (κ2) is 3.22. The number of aliphatic carboxylic acids is 1. The Morgan fingerprint density at radius 3 is 3.14 bits per heavy atom. The Labute approximate surface area is 82.2 Å². The molecule has 0 saturated carbocycles. The van der Waals surface area contributed by atoms with Crippen molar-refractivity contribution in [1.29, 1.82) is 0 Å². The summed E-state index contributed by atoms with van der Waals surface area (Å²) in [4.78, 5) is 21.7. The highest BCUT2D eigenvalue weighted by Gasteiger charge is 2.05. The number of hydrogen-bond donors (Lipinski definition) is 1. The van der Waals surface area contributed by atoms with Crippen LogP contribution in [0.4, 0.5) is 0 Å². The summed E-state index contributed by atoms with van der Waals surface area (Å²) in [6, 6.07) is 3.15. The number of thiophene rings is 1. The molecule has 0 aliphatic heterocycles. The van der Waals surface area contributed by atoms with Crippen LogP contribution in [0.25, 0.3) is 10.2 Å². The van der Waals surface area contributed by atoms with Gasteiger partial charge >= 0.3 is 5.97 Å². The van der Waals surface area contributed by atoms with E-state index in [1.807, 2.05) is 5.38 Å². The van der Waals surface area contributed by atoms with Crippen molar-refractivity contribution >= 4 is 27.5 Å². The van der Waals surface area contributed by atoms with Crippen LogP contribution < -0.4 is 5.56 Å². The molecule has 0 fully saturated rings. The molecule has 2 rings (SSSR count). The van der Waals surface area contributed by atoms with Gasteiger partial charge in [0, 0.05) is 6.07 Å². The van der Waals surface area contributed by atoms with Gasteiger partial charge in [0.25, 0.3) is 5.56 Å². The van der Waals surface area contributed by atoms with E-state index in [0.717, 1.165) is 9.38 Å². The predicted molar refractivity (Wildman–Crippen MR) is 51.5 cm³/mol. The van der Waals surface area contributed by atoms with Crippen LogP contribution in [0, 0.1) is 0 Å². The minimum atomic E-state index is -1.07. The molecule has 0 unspecified atom stereocenters. The third-order valence-electron chi connectivity index (χ3n) is 1.70. The molecule has 6 heteroatoms. The first kappa shape index (κ1) is 8.89. The molecule has 0 aliphatic rings. The lowest BCUT2D eigenvalue weighted by Crippen LogP contribution is -2.25. The molecule has 14 heavy (non-hydrogen) atoms. The van der Waals surface area contributed by atoms with Crippen LogP contribution in [0.3, 0.4) is 0 Å². The monoisotopic (exact) mass is 210 g/mol. The van der Waals surface area contributed by atoms with Gasteiger partial charge in [-0.2, -0.15) is 5.10 Å². The average Bonchev–Trinajstić information content (AvgIpc) is 2.51. The fourth-order valence-corrected chi connectivity index (χ4v) is 1.85. The molecule has 0 aromatic carbocycles. The second-order valence-corrected chi connectivity index (χ2v) is 3.65. The number of nitrogens with zero attached hydrogens (tertiary/aromatic N) is 2. The van der Waals surface area contributed by atoms with Crippen LogP contribution in [0.15, 0.2) is 22.3 Å². The summed E-state index contributed by atoms with van der Waals surface area (Å²) < 4.78 is 1.72. The van der Waals surface area contributed by atoms with Gasteiger partial charge in [-0.05, 0) is 11.4 Å². The van der Waals surface area contributed by atoms with E-state index in [9.17, 15) is 9.59 Å². The Morgan fingerprint density at radius 2 is 2.43 bits per heavy atom. The van der Waals surface area contributed by atoms with Gasteiger partial charge in [0.15, 0.2) is 0 Å². The predicted octanol–water partition coefficient (Wildman–Crippen LogP) is 0.543. The van der Waals surface area contributed by atoms with Gasteiger partial charge in [-0.1, -0.05) is 0 Å². The van der Waals surface area contributed by atoms with Crippen LogP contribution in [0.1, 0.15) is 0 Å². The lowest BCUT2D eigenvalue weighted by atomic mass is 10.4. The largest absolute Gasteiger partial charge is 0.480 e. The molecule has 0 saturated heterocycles. The molecule has 0 amide bonds. The van der Waals surface area contributed by atoms with Crippen LogP contribution in [0.5, 0.6) is 0 Å². The van der Waals surface area contributed by atoms with Crippen molar-refractivity contribution in [3.05, 3.63) is 27.9 Å². The van der Waals surface area contributed by atoms with Crippen LogP contribution in [-0.4, -0.2) is 20.9 Å². The van der Waals surface area contributed by atoms with Crippen molar-refractivity contribution in [3.8, 4) is 0 Å². The average molecular weight is 210 g/mol. The summed E-state index contributed by atoms with van der Waals surface area (Å²) in [6.45, 7) is -0.398. The van der Waals surface area contributed by atoms with Gasteiger partial charge in [-0.3, -0.25) is 9.59 Å². The van der Waals surface area contributed by atoms with Gasteiger partial charge in [0.05, 0.1) is 4.70 Å². The molecule has 0 aliphatic carbocycles. The first-order valence-electron chi connectivity index (χ1n) is 3.84. The van der Waals surface area contributed by atoms with E-state index >= 15 is 0 Å². The van der Waals surface area contributed by atoms with E-state index in [4.69, 9.17) is 5.11 Å². The van der Waals surface area contributed by atoms with Gasteiger partial charge in [0.1, 0.15) is 12.1 Å². The zero-order valence-electron chi connectivity index (χ0n) is 7.01. The summed E-state index contributed by atoms with van der Waals surface area (Å²) >= 11 is 1.41. The molecule has 1 N–H and O–H groups in total. The van der Waals surface area contributed by atoms with E-state index in [1.54, 1.807) is 6.07 Å². The SMILES string of the molecule is O=C(O)Cn1nc2ccsc2cc1=O. The first-order chi connectivity index (χ1) is 6.66. The zero-order chi connectivity index (χ0) is 10.1. The van der Waals surface area contributed by atoms with Crippen LogP contribution >= 0.6 is 11.3 Å². The van der Waals surface area contributed by atoms with Crippen molar-refractivity contribution in [2.75, 3.05) is 0 Å². The number of carbonyl (C=O) groups is 1. The number of aromatic nitrogens is 2. The summed E-state index contributed by atoms with van der Waals surface area (Å²) in [5, 5.41) is 14.2. The third-order valence-corrected chi connectivity index (χ3v) is 2.55. The highest BCUT2D eigenvalue weighted by Crippen LogP contribution is 2.15. The zero-order valence-corrected chi connectivity index (χ0v) is 7.82. The summed E-state index contributed by atoms with van der Waals surface area (Å²) in [6.07, 6.45) is 0. The molecule has 0 bridgehead atoms.